The molecule has 2 amide bonds. The summed E-state index contributed by atoms with van der Waals surface area (Å²) in [6, 6.07) is 5.69. The highest BCUT2D eigenvalue weighted by molar-refractivity contribution is 6.31. The minimum Gasteiger partial charge on any atom is -0.480 e. The third kappa shape index (κ3) is 5.30. The Kier molecular flexibility index (Phi) is 6.46. The molecule has 112 valence electrons. The number of carboxylic acid groups (broad SMARTS) is 1. The van der Waals surface area contributed by atoms with Gasteiger partial charge in [-0.15, -0.1) is 0 Å². The molecule has 7 nitrogen and oxygen atoms in total. The van der Waals surface area contributed by atoms with Gasteiger partial charge in [0.05, 0.1) is 17.9 Å². The van der Waals surface area contributed by atoms with E-state index in [-0.39, 0.29) is 24.4 Å². The van der Waals surface area contributed by atoms with Gasteiger partial charge >= 0.3 is 12.0 Å². The van der Waals surface area contributed by atoms with Gasteiger partial charge in [-0.2, -0.15) is 5.26 Å². The maximum absolute atomic E-state index is 12.1. The molecule has 0 aliphatic rings. The van der Waals surface area contributed by atoms with E-state index in [1.54, 1.807) is 0 Å². The van der Waals surface area contributed by atoms with Crippen LogP contribution < -0.4 is 5.32 Å². The Labute approximate surface area is 126 Å². The van der Waals surface area contributed by atoms with Crippen molar-refractivity contribution < 1.29 is 19.4 Å². The molecule has 2 N–H and O–H groups in total. The number of hydrogen-bond donors (Lipinski definition) is 2. The second kappa shape index (κ2) is 8.09. The van der Waals surface area contributed by atoms with Gasteiger partial charge in [0.1, 0.15) is 12.6 Å². The molecule has 0 fully saturated rings. The van der Waals surface area contributed by atoms with Crippen LogP contribution in [0.25, 0.3) is 0 Å². The summed E-state index contributed by atoms with van der Waals surface area (Å²) in [6.45, 7) is -0.171. The van der Waals surface area contributed by atoms with E-state index >= 15 is 0 Å². The third-order valence-corrected chi connectivity index (χ3v) is 2.76. The summed E-state index contributed by atoms with van der Waals surface area (Å²) in [4.78, 5) is 23.9. The van der Waals surface area contributed by atoms with E-state index in [2.05, 4.69) is 5.32 Å². The molecule has 21 heavy (non-hydrogen) atoms. The van der Waals surface area contributed by atoms with Crippen molar-refractivity contribution >= 4 is 29.3 Å². The molecule has 0 saturated carbocycles. The molecule has 0 radical (unpaired) electrons. The Morgan fingerprint density at radius 3 is 2.81 bits per heavy atom. The zero-order valence-corrected chi connectivity index (χ0v) is 12.1. The van der Waals surface area contributed by atoms with Gasteiger partial charge < -0.3 is 20.1 Å². The number of carboxylic acids is 1. The molecule has 0 aromatic heterocycles. The summed E-state index contributed by atoms with van der Waals surface area (Å²) in [7, 11) is 1.45. The molecule has 1 aromatic carbocycles. The molecule has 0 bridgehead atoms. The molecule has 0 aliphatic carbocycles. The Morgan fingerprint density at radius 1 is 1.52 bits per heavy atom. The molecule has 0 spiro atoms. The summed E-state index contributed by atoms with van der Waals surface area (Å²) < 4.78 is 4.83. The summed E-state index contributed by atoms with van der Waals surface area (Å²) in [5.41, 5.74) is 0.456. The molecular weight excluding hydrogens is 298 g/mol. The summed E-state index contributed by atoms with van der Waals surface area (Å²) in [6.07, 6.45) is 0. The maximum atomic E-state index is 12.1. The first-order valence-corrected chi connectivity index (χ1v) is 6.32. The molecule has 1 aromatic rings. The van der Waals surface area contributed by atoms with Crippen molar-refractivity contribution in [3.63, 3.8) is 0 Å². The van der Waals surface area contributed by atoms with Crippen molar-refractivity contribution in [1.82, 2.24) is 4.90 Å². The topological polar surface area (TPSA) is 103 Å². The number of aliphatic carboxylic acids is 1. The van der Waals surface area contributed by atoms with E-state index in [0.29, 0.717) is 5.02 Å². The fraction of sp³-hybridized carbons (Fsp3) is 0.308. The highest BCUT2D eigenvalue weighted by atomic mass is 35.5. The highest BCUT2D eigenvalue weighted by Gasteiger charge is 2.17. The van der Waals surface area contributed by atoms with Crippen LogP contribution in [0.4, 0.5) is 10.5 Å². The van der Waals surface area contributed by atoms with Crippen molar-refractivity contribution in [2.75, 3.05) is 32.1 Å². The predicted octanol–water partition coefficient (Wildman–Crippen LogP) is 1.78. The zero-order chi connectivity index (χ0) is 15.8. The first-order chi connectivity index (χ1) is 9.97. The number of nitriles is 1. The van der Waals surface area contributed by atoms with E-state index < -0.39 is 18.5 Å². The van der Waals surface area contributed by atoms with Gasteiger partial charge in [-0.05, 0) is 18.2 Å². The number of methoxy groups -OCH3 is 1. The number of rotatable bonds is 6. The lowest BCUT2D eigenvalue weighted by Crippen LogP contribution is -2.40. The number of carbonyl (C=O) groups is 2. The Bertz CT molecular complexity index is 571. The van der Waals surface area contributed by atoms with Crippen LogP contribution in [-0.4, -0.2) is 48.8 Å². The van der Waals surface area contributed by atoms with Crippen molar-refractivity contribution in [3.8, 4) is 6.07 Å². The molecule has 0 atom stereocenters. The number of urea groups is 1. The van der Waals surface area contributed by atoms with Crippen LogP contribution in [-0.2, 0) is 9.53 Å². The van der Waals surface area contributed by atoms with E-state index in [0.717, 1.165) is 4.90 Å². The average Bonchev–Trinajstić information content (AvgIpc) is 2.43. The van der Waals surface area contributed by atoms with Gasteiger partial charge in [0.15, 0.2) is 0 Å². The average molecular weight is 312 g/mol. The van der Waals surface area contributed by atoms with Crippen LogP contribution in [0.15, 0.2) is 18.2 Å². The van der Waals surface area contributed by atoms with Crippen LogP contribution in [0.5, 0.6) is 0 Å². The standard InChI is InChI=1S/C13H14ClN3O4/c1-21-5-4-17(8-12(18)19)13(20)16-11-6-10(14)3-2-9(11)7-15/h2-3,6H,4-5,8H2,1H3,(H,16,20)(H,18,19). The number of carbonyl (C=O) groups excluding carboxylic acids is 1. The monoisotopic (exact) mass is 311 g/mol. The van der Waals surface area contributed by atoms with Gasteiger partial charge in [-0.25, -0.2) is 4.79 Å². The molecule has 8 heteroatoms. The maximum Gasteiger partial charge on any atom is 0.323 e. The minimum absolute atomic E-state index is 0.108. The third-order valence-electron chi connectivity index (χ3n) is 2.52. The molecular formula is C13H14ClN3O4. The van der Waals surface area contributed by atoms with Gasteiger partial charge in [0, 0.05) is 18.7 Å². The van der Waals surface area contributed by atoms with Crippen LogP contribution in [0.2, 0.25) is 5.02 Å². The first kappa shape index (κ1) is 16.8. The predicted molar refractivity (Wildman–Crippen MR) is 76.3 cm³/mol. The second-order valence-corrected chi connectivity index (χ2v) is 4.48. The van der Waals surface area contributed by atoms with E-state index in [1.807, 2.05) is 6.07 Å². The summed E-state index contributed by atoms with van der Waals surface area (Å²) >= 11 is 5.82. The van der Waals surface area contributed by atoms with Gasteiger partial charge in [0.25, 0.3) is 0 Å². The number of halogens is 1. The van der Waals surface area contributed by atoms with Crippen molar-refractivity contribution in [3.05, 3.63) is 28.8 Å². The van der Waals surface area contributed by atoms with Crippen molar-refractivity contribution in [1.29, 1.82) is 5.26 Å². The van der Waals surface area contributed by atoms with E-state index in [9.17, 15) is 9.59 Å². The minimum atomic E-state index is -1.15. The lowest BCUT2D eigenvalue weighted by Gasteiger charge is -2.21. The van der Waals surface area contributed by atoms with E-state index in [1.165, 1.54) is 25.3 Å². The number of hydrogen-bond acceptors (Lipinski definition) is 4. The fourth-order valence-corrected chi connectivity index (χ4v) is 1.70. The summed E-state index contributed by atoms with van der Waals surface area (Å²) in [5.74, 6) is -1.15. The number of ether oxygens (including phenoxy) is 1. The number of nitrogens with zero attached hydrogens (tertiary/aromatic N) is 2. The second-order valence-electron chi connectivity index (χ2n) is 4.04. The molecule has 1 rings (SSSR count). The van der Waals surface area contributed by atoms with E-state index in [4.69, 9.17) is 26.7 Å². The van der Waals surface area contributed by atoms with Crippen LogP contribution >= 0.6 is 11.6 Å². The van der Waals surface area contributed by atoms with Gasteiger partial charge in [0.2, 0.25) is 0 Å². The number of amides is 2. The molecule has 0 aliphatic heterocycles. The van der Waals surface area contributed by atoms with Crippen LogP contribution in [0, 0.1) is 11.3 Å². The Balaban J connectivity index is 2.88. The highest BCUT2D eigenvalue weighted by Crippen LogP contribution is 2.20. The van der Waals surface area contributed by atoms with Crippen molar-refractivity contribution in [2.45, 2.75) is 0 Å². The first-order valence-electron chi connectivity index (χ1n) is 5.94. The van der Waals surface area contributed by atoms with Crippen molar-refractivity contribution in [2.24, 2.45) is 0 Å². The smallest absolute Gasteiger partial charge is 0.323 e. The molecule has 0 heterocycles. The summed E-state index contributed by atoms with van der Waals surface area (Å²) in [5, 5.41) is 20.6. The fourth-order valence-electron chi connectivity index (χ4n) is 1.53. The van der Waals surface area contributed by atoms with Gasteiger partial charge in [-0.1, -0.05) is 11.6 Å². The zero-order valence-electron chi connectivity index (χ0n) is 11.3. The molecule has 0 saturated heterocycles. The Morgan fingerprint density at radius 2 is 2.24 bits per heavy atom. The Hall–Kier alpha value is -2.30. The largest absolute Gasteiger partial charge is 0.480 e. The van der Waals surface area contributed by atoms with Crippen LogP contribution in [0.3, 0.4) is 0 Å². The lowest BCUT2D eigenvalue weighted by atomic mass is 10.2. The SMILES string of the molecule is COCCN(CC(=O)O)C(=O)Nc1cc(Cl)ccc1C#N. The number of benzene rings is 1. The number of anilines is 1. The quantitative estimate of drug-likeness (QED) is 0.833. The lowest BCUT2D eigenvalue weighted by molar-refractivity contribution is -0.137. The normalized spacial score (nSPS) is 9.76. The van der Waals surface area contributed by atoms with Crippen LogP contribution in [0.1, 0.15) is 5.56 Å². The number of nitrogens with one attached hydrogen (secondary N) is 1. The molecule has 0 unspecified atom stereocenters. The van der Waals surface area contributed by atoms with Gasteiger partial charge in [-0.3, -0.25) is 4.79 Å².